The molecule has 1 aliphatic heterocycles. The van der Waals surface area contributed by atoms with Crippen LogP contribution in [0.1, 0.15) is 28.2 Å². The van der Waals surface area contributed by atoms with Crippen LogP contribution in [0.3, 0.4) is 0 Å². The summed E-state index contributed by atoms with van der Waals surface area (Å²) in [5, 5.41) is 8.70. The van der Waals surface area contributed by atoms with E-state index in [9.17, 15) is 4.79 Å². The van der Waals surface area contributed by atoms with Crippen LogP contribution < -0.4 is 19.5 Å². The first-order chi connectivity index (χ1) is 15.5. The van der Waals surface area contributed by atoms with Crippen LogP contribution in [-0.4, -0.2) is 36.0 Å². The minimum atomic E-state index is -0.181. The molecule has 1 atom stereocenters. The Hall–Kier alpha value is -3.52. The van der Waals surface area contributed by atoms with Gasteiger partial charge in [0.1, 0.15) is 29.5 Å². The molecule has 2 aromatic carbocycles. The van der Waals surface area contributed by atoms with Crippen molar-refractivity contribution in [3.05, 3.63) is 59.0 Å². The SMILES string of the molecule is COc1cccc(-c2nn(C)c3sc(C(=O)NC(C)c4ccc5c(c4)OCCO5)cc23)c1. The Morgan fingerprint density at radius 1 is 1.16 bits per heavy atom. The molecule has 1 unspecified atom stereocenters. The van der Waals surface area contributed by atoms with Gasteiger partial charge in [0.25, 0.3) is 5.91 Å². The topological polar surface area (TPSA) is 74.6 Å². The van der Waals surface area contributed by atoms with Gasteiger partial charge in [-0.25, -0.2) is 0 Å². The second-order valence-electron chi connectivity index (χ2n) is 7.63. The lowest BCUT2D eigenvalue weighted by molar-refractivity contribution is 0.0944. The number of benzene rings is 2. The van der Waals surface area contributed by atoms with Gasteiger partial charge < -0.3 is 19.5 Å². The Kier molecular flexibility index (Phi) is 5.22. The van der Waals surface area contributed by atoms with Gasteiger partial charge in [0.15, 0.2) is 11.5 Å². The number of hydrogen-bond acceptors (Lipinski definition) is 6. The van der Waals surface area contributed by atoms with Gasteiger partial charge >= 0.3 is 0 Å². The van der Waals surface area contributed by atoms with Crippen molar-refractivity contribution in [2.24, 2.45) is 7.05 Å². The van der Waals surface area contributed by atoms with Crippen LogP contribution in [0.25, 0.3) is 21.5 Å². The number of nitrogens with one attached hydrogen (secondary N) is 1. The molecule has 0 saturated carbocycles. The fourth-order valence-corrected chi connectivity index (χ4v) is 4.79. The van der Waals surface area contributed by atoms with Crippen molar-refractivity contribution in [3.8, 4) is 28.5 Å². The molecular weight excluding hydrogens is 426 g/mol. The molecule has 1 N–H and O–H groups in total. The second kappa shape index (κ2) is 8.20. The van der Waals surface area contributed by atoms with Crippen molar-refractivity contribution >= 4 is 27.5 Å². The predicted molar refractivity (Wildman–Crippen MR) is 124 cm³/mol. The van der Waals surface area contributed by atoms with Crippen LogP contribution in [0.5, 0.6) is 17.2 Å². The highest BCUT2D eigenvalue weighted by Crippen LogP contribution is 2.36. The molecule has 4 aromatic rings. The summed E-state index contributed by atoms with van der Waals surface area (Å²) in [6.07, 6.45) is 0. The smallest absolute Gasteiger partial charge is 0.261 e. The molecule has 32 heavy (non-hydrogen) atoms. The van der Waals surface area contributed by atoms with Gasteiger partial charge in [-0.15, -0.1) is 11.3 Å². The molecule has 0 aliphatic carbocycles. The highest BCUT2D eigenvalue weighted by atomic mass is 32.1. The molecule has 2 aromatic heterocycles. The van der Waals surface area contributed by atoms with E-state index in [1.165, 1.54) is 11.3 Å². The number of amides is 1. The number of carbonyl (C=O) groups is 1. The van der Waals surface area contributed by atoms with Gasteiger partial charge in [-0.3, -0.25) is 9.48 Å². The monoisotopic (exact) mass is 449 g/mol. The largest absolute Gasteiger partial charge is 0.497 e. The van der Waals surface area contributed by atoms with E-state index in [1.807, 2.05) is 67.2 Å². The number of methoxy groups -OCH3 is 1. The first-order valence-corrected chi connectivity index (χ1v) is 11.2. The van der Waals surface area contributed by atoms with Gasteiger partial charge in [0.2, 0.25) is 0 Å². The summed E-state index contributed by atoms with van der Waals surface area (Å²) in [6.45, 7) is 3.04. The van der Waals surface area contributed by atoms with Crippen LogP contribution in [0, 0.1) is 0 Å². The van der Waals surface area contributed by atoms with E-state index in [2.05, 4.69) is 10.4 Å². The third-order valence-corrected chi connectivity index (χ3v) is 6.69. The Morgan fingerprint density at radius 2 is 1.97 bits per heavy atom. The lowest BCUT2D eigenvalue weighted by Gasteiger charge is -2.21. The summed E-state index contributed by atoms with van der Waals surface area (Å²) in [6, 6.07) is 15.3. The van der Waals surface area contributed by atoms with Crippen molar-refractivity contribution in [1.29, 1.82) is 0 Å². The average Bonchev–Trinajstić information content (AvgIpc) is 3.39. The van der Waals surface area contributed by atoms with Crippen molar-refractivity contribution in [2.75, 3.05) is 20.3 Å². The van der Waals surface area contributed by atoms with Gasteiger partial charge in [0, 0.05) is 18.0 Å². The summed E-state index contributed by atoms with van der Waals surface area (Å²) in [5.41, 5.74) is 2.74. The normalized spacial score (nSPS) is 13.7. The van der Waals surface area contributed by atoms with E-state index in [0.717, 1.165) is 38.5 Å². The molecule has 5 rings (SSSR count). The standard InChI is InChI=1S/C24H23N3O4S/c1-14(15-7-8-19-20(12-15)31-10-9-30-19)25-23(28)21-13-18-22(26-27(2)24(18)32-21)16-5-4-6-17(11-16)29-3/h4-8,11-14H,9-10H2,1-3H3,(H,25,28). The number of carbonyl (C=O) groups excluding carboxylic acids is 1. The van der Waals surface area contributed by atoms with Crippen molar-refractivity contribution < 1.29 is 19.0 Å². The molecule has 0 bridgehead atoms. The van der Waals surface area contributed by atoms with Crippen LogP contribution >= 0.6 is 11.3 Å². The van der Waals surface area contributed by atoms with Gasteiger partial charge in [-0.1, -0.05) is 18.2 Å². The molecule has 0 saturated heterocycles. The maximum absolute atomic E-state index is 13.0. The molecule has 164 valence electrons. The Morgan fingerprint density at radius 3 is 2.78 bits per heavy atom. The van der Waals surface area contributed by atoms with Gasteiger partial charge in [0.05, 0.1) is 18.0 Å². The molecule has 1 aliphatic rings. The molecule has 0 radical (unpaired) electrons. The molecule has 0 spiro atoms. The van der Waals surface area contributed by atoms with Gasteiger partial charge in [-0.05, 0) is 42.8 Å². The molecule has 1 amide bonds. The number of fused-ring (bicyclic) bond motifs is 2. The predicted octanol–water partition coefficient (Wildman–Crippen LogP) is 4.57. The van der Waals surface area contributed by atoms with Gasteiger partial charge in [-0.2, -0.15) is 5.10 Å². The summed E-state index contributed by atoms with van der Waals surface area (Å²) in [5.74, 6) is 2.10. The van der Waals surface area contributed by atoms with E-state index in [1.54, 1.807) is 7.11 Å². The Balaban J connectivity index is 1.40. The molecule has 8 heteroatoms. The first-order valence-electron chi connectivity index (χ1n) is 10.3. The molecule has 7 nitrogen and oxygen atoms in total. The summed E-state index contributed by atoms with van der Waals surface area (Å²) in [4.78, 5) is 14.6. The van der Waals surface area contributed by atoms with Crippen molar-refractivity contribution in [1.82, 2.24) is 15.1 Å². The third kappa shape index (κ3) is 3.67. The summed E-state index contributed by atoms with van der Waals surface area (Å²) < 4.78 is 18.4. The van der Waals surface area contributed by atoms with Crippen LogP contribution in [0.4, 0.5) is 0 Å². The Labute approximate surface area is 189 Å². The van der Waals surface area contributed by atoms with Crippen LogP contribution in [0.2, 0.25) is 0 Å². The Bertz CT molecular complexity index is 1310. The van der Waals surface area contributed by atoms with E-state index < -0.39 is 0 Å². The molecule has 0 fully saturated rings. The van der Waals surface area contributed by atoms with E-state index in [0.29, 0.717) is 23.8 Å². The number of nitrogens with zero attached hydrogens (tertiary/aromatic N) is 2. The van der Waals surface area contributed by atoms with Crippen LogP contribution in [-0.2, 0) is 7.05 Å². The zero-order valence-corrected chi connectivity index (χ0v) is 18.9. The third-order valence-electron chi connectivity index (χ3n) is 5.49. The summed E-state index contributed by atoms with van der Waals surface area (Å²) >= 11 is 1.43. The first kappa shape index (κ1) is 20.4. The number of ether oxygens (including phenoxy) is 3. The van der Waals surface area contributed by atoms with Crippen LogP contribution in [0.15, 0.2) is 48.5 Å². The maximum atomic E-state index is 13.0. The number of hydrogen-bond donors (Lipinski definition) is 1. The number of aryl methyl sites for hydroxylation is 1. The zero-order valence-electron chi connectivity index (χ0n) is 18.0. The van der Waals surface area contributed by atoms with E-state index >= 15 is 0 Å². The quantitative estimate of drug-likeness (QED) is 0.483. The van der Waals surface area contributed by atoms with Crippen molar-refractivity contribution in [3.63, 3.8) is 0 Å². The maximum Gasteiger partial charge on any atom is 0.261 e. The highest BCUT2D eigenvalue weighted by Gasteiger charge is 2.21. The number of rotatable bonds is 5. The lowest BCUT2D eigenvalue weighted by Crippen LogP contribution is -2.26. The lowest BCUT2D eigenvalue weighted by atomic mass is 10.1. The average molecular weight is 450 g/mol. The number of thiophene rings is 1. The fourth-order valence-electron chi connectivity index (χ4n) is 3.82. The number of aromatic nitrogens is 2. The fraction of sp³-hybridized carbons (Fsp3) is 0.250. The minimum absolute atomic E-state index is 0.120. The molecular formula is C24H23N3O4S. The van der Waals surface area contributed by atoms with E-state index in [4.69, 9.17) is 14.2 Å². The minimum Gasteiger partial charge on any atom is -0.497 e. The van der Waals surface area contributed by atoms with Crippen molar-refractivity contribution in [2.45, 2.75) is 13.0 Å². The zero-order chi connectivity index (χ0) is 22.2. The summed E-state index contributed by atoms with van der Waals surface area (Å²) in [7, 11) is 3.53. The van der Waals surface area contributed by atoms with E-state index in [-0.39, 0.29) is 11.9 Å². The second-order valence-corrected chi connectivity index (χ2v) is 8.66. The highest BCUT2D eigenvalue weighted by molar-refractivity contribution is 7.20. The molecule has 3 heterocycles.